The quantitative estimate of drug-likeness (QED) is 0.244. The monoisotopic (exact) mass is 439 g/mol. The molecule has 4 N–H and O–H groups in total. The van der Waals surface area contributed by atoms with Crippen molar-refractivity contribution in [2.45, 2.75) is 34.1 Å². The minimum absolute atomic E-state index is 0.103. The summed E-state index contributed by atoms with van der Waals surface area (Å²) in [6.45, 7) is 11.5. The van der Waals surface area contributed by atoms with E-state index in [1.54, 1.807) is 50.5 Å². The molecule has 0 saturated heterocycles. The van der Waals surface area contributed by atoms with Gasteiger partial charge in [0, 0.05) is 28.9 Å². The molecule has 0 bridgehead atoms. The molecular formula is C25H33N3O4. The molecule has 3 amide bonds. The fourth-order valence-electron chi connectivity index (χ4n) is 2.32. The lowest BCUT2D eigenvalue weighted by Crippen LogP contribution is -2.27. The normalized spacial score (nSPS) is 11.7. The lowest BCUT2D eigenvalue weighted by atomic mass is 9.93. The number of ether oxygens (including phenoxy) is 1. The van der Waals surface area contributed by atoms with Gasteiger partial charge in [0.15, 0.2) is 0 Å². The molecule has 0 aliphatic rings. The first-order chi connectivity index (χ1) is 15.0. The predicted octanol–water partition coefficient (Wildman–Crippen LogP) is 5.49. The first-order valence-electron chi connectivity index (χ1n) is 9.83. The molecule has 7 nitrogen and oxygen atoms in total. The first-order valence-corrected chi connectivity index (χ1v) is 9.83. The molecule has 0 unspecified atom stereocenters. The Bertz CT molecular complexity index is 886. The zero-order valence-corrected chi connectivity index (χ0v) is 19.4. The van der Waals surface area contributed by atoms with Crippen LogP contribution in [0.5, 0.6) is 0 Å². The number of methoxy groups -OCH3 is 1. The number of nitrogens with one attached hydrogen (secondary N) is 3. The maximum Gasteiger partial charge on any atom is 0.323 e. The predicted molar refractivity (Wildman–Crippen MR) is 131 cm³/mol. The van der Waals surface area contributed by atoms with Gasteiger partial charge in [-0.25, -0.2) is 4.79 Å². The van der Waals surface area contributed by atoms with Gasteiger partial charge in [0.1, 0.15) is 11.5 Å². The number of hydrogen-bond donors (Lipinski definition) is 4. The van der Waals surface area contributed by atoms with Crippen molar-refractivity contribution in [3.8, 4) is 12.8 Å². The number of rotatable bonds is 8. The lowest BCUT2D eigenvalue weighted by Gasteiger charge is -2.22. The van der Waals surface area contributed by atoms with Crippen LogP contribution in [0, 0.1) is 18.3 Å². The third-order valence-corrected chi connectivity index (χ3v) is 3.85. The van der Waals surface area contributed by atoms with Gasteiger partial charge in [-0.1, -0.05) is 33.4 Å². The van der Waals surface area contributed by atoms with E-state index >= 15 is 0 Å². The van der Waals surface area contributed by atoms with Crippen LogP contribution in [0.25, 0.3) is 0 Å². The van der Waals surface area contributed by atoms with E-state index in [9.17, 15) is 14.7 Å². The summed E-state index contributed by atoms with van der Waals surface area (Å²) in [7, 11) is 1.58. The molecule has 172 valence electrons. The summed E-state index contributed by atoms with van der Waals surface area (Å²) in [6.07, 6.45) is 14.4. The van der Waals surface area contributed by atoms with Crippen molar-refractivity contribution in [3.63, 3.8) is 0 Å². The Morgan fingerprint density at radius 3 is 2.12 bits per heavy atom. The van der Waals surface area contributed by atoms with Crippen LogP contribution in [0.3, 0.4) is 0 Å². The van der Waals surface area contributed by atoms with Gasteiger partial charge in [0.25, 0.3) is 0 Å². The number of allylic oxidation sites excluding steroid dienone is 4. The summed E-state index contributed by atoms with van der Waals surface area (Å²) < 4.78 is 5.35. The Morgan fingerprint density at radius 2 is 1.66 bits per heavy atom. The van der Waals surface area contributed by atoms with Crippen LogP contribution in [-0.2, 0) is 9.53 Å². The molecule has 1 rings (SSSR count). The van der Waals surface area contributed by atoms with Crippen LogP contribution in [0.2, 0.25) is 0 Å². The Labute approximate surface area is 190 Å². The second-order valence-electron chi connectivity index (χ2n) is 7.51. The fraction of sp³-hybridized carbons (Fsp3) is 0.280. The number of carbonyl (C=O) groups excluding carboxylic acids is 2. The van der Waals surface area contributed by atoms with E-state index in [1.165, 1.54) is 12.2 Å². The van der Waals surface area contributed by atoms with Crippen molar-refractivity contribution in [2.75, 3.05) is 17.7 Å². The number of aliphatic hydroxyl groups excluding tert-OH is 1. The molecule has 0 fully saturated rings. The van der Waals surface area contributed by atoms with E-state index < -0.39 is 6.03 Å². The molecule has 1 aromatic carbocycles. The number of carbonyl (C=O) groups is 2. The van der Waals surface area contributed by atoms with Gasteiger partial charge >= 0.3 is 6.03 Å². The van der Waals surface area contributed by atoms with Gasteiger partial charge in [-0.15, -0.1) is 12.8 Å². The molecule has 1 aromatic rings. The third kappa shape index (κ3) is 11.3. The van der Waals surface area contributed by atoms with Gasteiger partial charge in [-0.3, -0.25) is 4.79 Å². The Hall–Kier alpha value is -3.92. The van der Waals surface area contributed by atoms with Crippen LogP contribution in [0.15, 0.2) is 72.4 Å². The average molecular weight is 440 g/mol. The number of urea groups is 1. The van der Waals surface area contributed by atoms with Gasteiger partial charge in [-0.05, 0) is 49.4 Å². The molecule has 32 heavy (non-hydrogen) atoms. The smallest absolute Gasteiger partial charge is 0.323 e. The zero-order valence-electron chi connectivity index (χ0n) is 19.4. The van der Waals surface area contributed by atoms with Gasteiger partial charge in [0.05, 0.1) is 7.11 Å². The summed E-state index contributed by atoms with van der Waals surface area (Å²) in [5.74, 6) is 0.583. The highest BCUT2D eigenvalue weighted by Crippen LogP contribution is 2.26. The van der Waals surface area contributed by atoms with E-state index in [0.717, 1.165) is 0 Å². The van der Waals surface area contributed by atoms with E-state index in [2.05, 4.69) is 35.4 Å². The molecule has 0 radical (unpaired) electrons. The zero-order chi connectivity index (χ0) is 24.7. The number of hydrogen-bond acceptors (Lipinski definition) is 4. The van der Waals surface area contributed by atoms with Gasteiger partial charge in [-0.2, -0.15) is 0 Å². The average Bonchev–Trinajstić information content (AvgIpc) is 2.73. The summed E-state index contributed by atoms with van der Waals surface area (Å²) in [6, 6.07) is 6.26. The van der Waals surface area contributed by atoms with Crippen LogP contribution < -0.4 is 16.0 Å². The van der Waals surface area contributed by atoms with Gasteiger partial charge < -0.3 is 25.8 Å². The molecule has 0 aromatic heterocycles. The van der Waals surface area contributed by atoms with Crippen LogP contribution in [0.4, 0.5) is 16.2 Å². The van der Waals surface area contributed by atoms with Crippen molar-refractivity contribution in [1.82, 2.24) is 5.32 Å². The molecule has 0 spiro atoms. The van der Waals surface area contributed by atoms with Crippen LogP contribution in [-0.4, -0.2) is 24.2 Å². The lowest BCUT2D eigenvalue weighted by molar-refractivity contribution is -0.115. The maximum absolute atomic E-state index is 12.1. The molecule has 7 heteroatoms. The minimum atomic E-state index is -0.439. The summed E-state index contributed by atoms with van der Waals surface area (Å²) in [5.41, 5.74) is 1.35. The highest BCUT2D eigenvalue weighted by molar-refractivity contribution is 5.93. The van der Waals surface area contributed by atoms with E-state index in [-0.39, 0.29) is 23.5 Å². The van der Waals surface area contributed by atoms with Crippen molar-refractivity contribution in [1.29, 1.82) is 0 Å². The molecule has 0 saturated carbocycles. The Balaban J connectivity index is 0.00000466. The highest BCUT2D eigenvalue weighted by Gasteiger charge is 2.18. The first kappa shape index (κ1) is 28.1. The van der Waals surface area contributed by atoms with E-state index in [4.69, 9.17) is 4.74 Å². The van der Waals surface area contributed by atoms with Crippen molar-refractivity contribution < 1.29 is 19.4 Å². The SMILES string of the molecule is C#C.C=C(/C=C(\OC)C(C)(C)C)NC(=O)Nc1ccc(NC(=O)C/C=C\C(O)=C/C)cc1. The summed E-state index contributed by atoms with van der Waals surface area (Å²) in [5, 5.41) is 17.4. The standard InChI is InChI=1S/C23H31N3O4.C2H2/c1-7-19(27)9-8-10-21(28)25-17-11-13-18(14-12-17)26-22(29)24-16(2)15-20(30-6)23(3,4)5;1-2/h7-9,11-15,27H,2,10H2,1,3-6H3,(H,25,28)(H2,24,26,29);1-2H/b9-8-,19-7+,20-15-;. The van der Waals surface area contributed by atoms with Crippen LogP contribution >= 0.6 is 0 Å². The Morgan fingerprint density at radius 1 is 1.12 bits per heavy atom. The van der Waals surface area contributed by atoms with Crippen LogP contribution in [0.1, 0.15) is 34.1 Å². The number of terminal acetylenes is 1. The second-order valence-corrected chi connectivity index (χ2v) is 7.51. The summed E-state index contributed by atoms with van der Waals surface area (Å²) in [4.78, 5) is 24.0. The molecule has 0 atom stereocenters. The van der Waals surface area contributed by atoms with E-state index in [0.29, 0.717) is 22.8 Å². The largest absolute Gasteiger partial charge is 0.508 e. The minimum Gasteiger partial charge on any atom is -0.508 e. The summed E-state index contributed by atoms with van der Waals surface area (Å²) >= 11 is 0. The molecular weight excluding hydrogens is 406 g/mol. The molecule has 0 aliphatic heterocycles. The number of anilines is 2. The molecule has 0 aliphatic carbocycles. The second kappa shape index (κ2) is 14.1. The van der Waals surface area contributed by atoms with Crippen molar-refractivity contribution in [2.24, 2.45) is 5.41 Å². The topological polar surface area (TPSA) is 99.7 Å². The van der Waals surface area contributed by atoms with Crippen molar-refractivity contribution >= 4 is 23.3 Å². The number of aliphatic hydroxyl groups is 1. The van der Waals surface area contributed by atoms with Gasteiger partial charge in [0.2, 0.25) is 5.91 Å². The molecule has 0 heterocycles. The van der Waals surface area contributed by atoms with E-state index in [1.807, 2.05) is 20.8 Å². The maximum atomic E-state index is 12.1. The third-order valence-electron chi connectivity index (χ3n) is 3.85. The fourth-order valence-corrected chi connectivity index (χ4v) is 2.32. The number of benzene rings is 1. The highest BCUT2D eigenvalue weighted by atomic mass is 16.5. The Kier molecular flexibility index (Phi) is 12.4. The number of amides is 3. The van der Waals surface area contributed by atoms with Crippen molar-refractivity contribution in [3.05, 3.63) is 72.4 Å².